The molecule has 0 atom stereocenters. The molecule has 114 valence electrons. The summed E-state index contributed by atoms with van der Waals surface area (Å²) in [6.45, 7) is 4.17. The number of aromatic nitrogens is 3. The van der Waals surface area contributed by atoms with E-state index in [0.717, 1.165) is 26.2 Å². The van der Waals surface area contributed by atoms with Crippen LogP contribution in [-0.4, -0.2) is 45.7 Å². The monoisotopic (exact) mass is 301 g/mol. The largest absolute Gasteiger partial charge is 0.316 e. The van der Waals surface area contributed by atoms with Crippen LogP contribution in [0.15, 0.2) is 29.2 Å². The minimum atomic E-state index is -0.370. The standard InChI is InChI=1S/C15H16FN5O/c16-13-10(9-20-7-5-17-6-8-20)1-2-11-14(13)19-15(22)12-3-4-18-21(11)12/h1-4,17H,5-9H2,(H,19,22). The van der Waals surface area contributed by atoms with Gasteiger partial charge in [-0.25, -0.2) is 8.91 Å². The van der Waals surface area contributed by atoms with Crippen LogP contribution in [0.1, 0.15) is 5.56 Å². The van der Waals surface area contributed by atoms with Gasteiger partial charge < -0.3 is 10.3 Å². The topological polar surface area (TPSA) is 65.4 Å². The van der Waals surface area contributed by atoms with Crippen molar-refractivity contribution in [2.45, 2.75) is 6.54 Å². The molecule has 1 aliphatic heterocycles. The number of benzene rings is 1. The Hall–Kier alpha value is -2.25. The number of hydrogen-bond donors (Lipinski definition) is 2. The zero-order valence-electron chi connectivity index (χ0n) is 12.0. The minimum absolute atomic E-state index is 0.217. The molecule has 7 heteroatoms. The van der Waals surface area contributed by atoms with Crippen LogP contribution in [0.2, 0.25) is 0 Å². The zero-order chi connectivity index (χ0) is 15.1. The summed E-state index contributed by atoms with van der Waals surface area (Å²) in [5.41, 5.74) is 1.47. The van der Waals surface area contributed by atoms with Crippen molar-refractivity contribution in [3.8, 4) is 0 Å². The van der Waals surface area contributed by atoms with E-state index in [4.69, 9.17) is 0 Å². The lowest BCUT2D eigenvalue weighted by Gasteiger charge is -2.27. The highest BCUT2D eigenvalue weighted by Gasteiger charge is 2.16. The Labute approximate surface area is 125 Å². The maximum absolute atomic E-state index is 14.8. The molecular formula is C15H16FN5O. The van der Waals surface area contributed by atoms with Gasteiger partial charge in [-0.05, 0) is 12.1 Å². The highest BCUT2D eigenvalue weighted by atomic mass is 19.1. The van der Waals surface area contributed by atoms with Crippen LogP contribution in [0.25, 0.3) is 16.6 Å². The lowest BCUT2D eigenvalue weighted by Crippen LogP contribution is -2.43. The third-order valence-electron chi connectivity index (χ3n) is 4.15. The van der Waals surface area contributed by atoms with Gasteiger partial charge in [-0.2, -0.15) is 5.10 Å². The van der Waals surface area contributed by atoms with E-state index in [1.807, 2.05) is 6.07 Å². The first-order valence-corrected chi connectivity index (χ1v) is 7.34. The molecule has 0 aliphatic carbocycles. The Kier molecular flexibility index (Phi) is 3.16. The zero-order valence-corrected chi connectivity index (χ0v) is 12.0. The molecule has 0 bridgehead atoms. The van der Waals surface area contributed by atoms with E-state index in [1.54, 1.807) is 12.1 Å². The molecular weight excluding hydrogens is 285 g/mol. The van der Waals surface area contributed by atoms with Crippen molar-refractivity contribution >= 4 is 16.6 Å². The molecule has 0 saturated carbocycles. The fraction of sp³-hybridized carbons (Fsp3) is 0.333. The maximum atomic E-state index is 14.8. The summed E-state index contributed by atoms with van der Waals surface area (Å²) in [5, 5.41) is 7.38. The van der Waals surface area contributed by atoms with Crippen molar-refractivity contribution < 1.29 is 4.39 Å². The Morgan fingerprint density at radius 3 is 2.82 bits per heavy atom. The Bertz CT molecular complexity index is 894. The lowest BCUT2D eigenvalue weighted by atomic mass is 10.1. The first-order chi connectivity index (χ1) is 10.7. The SMILES string of the molecule is O=c1[nH]c2c(F)c(CN3CCNCC3)ccc2n2nccc12. The molecule has 2 aromatic heterocycles. The molecule has 0 spiro atoms. The van der Waals surface area contributed by atoms with Crippen molar-refractivity contribution in [3.05, 3.63) is 46.1 Å². The van der Waals surface area contributed by atoms with Crippen molar-refractivity contribution in [2.24, 2.45) is 0 Å². The summed E-state index contributed by atoms with van der Waals surface area (Å²) < 4.78 is 16.3. The van der Waals surface area contributed by atoms with E-state index < -0.39 is 0 Å². The summed E-state index contributed by atoms with van der Waals surface area (Å²) >= 11 is 0. The van der Waals surface area contributed by atoms with E-state index in [0.29, 0.717) is 23.1 Å². The molecule has 0 radical (unpaired) electrons. The number of aromatic amines is 1. The molecule has 6 nitrogen and oxygen atoms in total. The second kappa shape index (κ2) is 5.19. The lowest BCUT2D eigenvalue weighted by molar-refractivity contribution is 0.230. The molecule has 2 N–H and O–H groups in total. The molecule has 0 unspecified atom stereocenters. The minimum Gasteiger partial charge on any atom is -0.316 e. The van der Waals surface area contributed by atoms with Crippen LogP contribution in [0.3, 0.4) is 0 Å². The fourth-order valence-corrected chi connectivity index (χ4v) is 2.98. The van der Waals surface area contributed by atoms with Crippen molar-refractivity contribution in [3.63, 3.8) is 0 Å². The van der Waals surface area contributed by atoms with E-state index in [2.05, 4.69) is 20.3 Å². The molecule has 1 aliphatic rings. The van der Waals surface area contributed by atoms with Crippen LogP contribution in [0.4, 0.5) is 4.39 Å². The number of H-pyrrole nitrogens is 1. The average molecular weight is 301 g/mol. The summed E-state index contributed by atoms with van der Waals surface area (Å²) in [6, 6.07) is 5.20. The van der Waals surface area contributed by atoms with E-state index >= 15 is 0 Å². The molecule has 3 heterocycles. The highest BCUT2D eigenvalue weighted by Crippen LogP contribution is 2.20. The van der Waals surface area contributed by atoms with Crippen molar-refractivity contribution in [1.82, 2.24) is 24.8 Å². The van der Waals surface area contributed by atoms with Crippen LogP contribution >= 0.6 is 0 Å². The van der Waals surface area contributed by atoms with E-state index in [1.165, 1.54) is 10.7 Å². The quantitative estimate of drug-likeness (QED) is 0.732. The summed E-state index contributed by atoms with van der Waals surface area (Å²) in [5.74, 6) is -0.370. The van der Waals surface area contributed by atoms with Crippen molar-refractivity contribution in [2.75, 3.05) is 26.2 Å². The smallest absolute Gasteiger partial charge is 0.274 e. The Morgan fingerprint density at radius 2 is 2.00 bits per heavy atom. The first-order valence-electron chi connectivity index (χ1n) is 7.34. The average Bonchev–Trinajstić information content (AvgIpc) is 3.02. The van der Waals surface area contributed by atoms with Gasteiger partial charge in [-0.3, -0.25) is 9.69 Å². The molecule has 22 heavy (non-hydrogen) atoms. The van der Waals surface area contributed by atoms with Crippen LogP contribution < -0.4 is 10.9 Å². The summed E-state index contributed by atoms with van der Waals surface area (Å²) in [7, 11) is 0. The summed E-state index contributed by atoms with van der Waals surface area (Å²) in [4.78, 5) is 16.8. The maximum Gasteiger partial charge on any atom is 0.274 e. The molecule has 1 fully saturated rings. The number of nitrogens with one attached hydrogen (secondary N) is 2. The number of piperazine rings is 1. The van der Waals surface area contributed by atoms with Gasteiger partial charge in [0.1, 0.15) is 11.0 Å². The number of fused-ring (bicyclic) bond motifs is 3. The highest BCUT2D eigenvalue weighted by molar-refractivity contribution is 5.79. The Morgan fingerprint density at radius 1 is 1.18 bits per heavy atom. The molecule has 4 rings (SSSR count). The van der Waals surface area contributed by atoms with E-state index in [9.17, 15) is 9.18 Å². The molecule has 1 aromatic carbocycles. The number of hydrogen-bond acceptors (Lipinski definition) is 4. The third-order valence-corrected chi connectivity index (χ3v) is 4.15. The van der Waals surface area contributed by atoms with Gasteiger partial charge in [0.2, 0.25) is 0 Å². The van der Waals surface area contributed by atoms with Crippen LogP contribution in [-0.2, 0) is 6.54 Å². The van der Waals surface area contributed by atoms with Gasteiger partial charge in [0, 0.05) is 38.3 Å². The number of rotatable bonds is 2. The Balaban J connectivity index is 1.82. The molecule has 0 amide bonds. The molecule has 1 saturated heterocycles. The van der Waals surface area contributed by atoms with E-state index in [-0.39, 0.29) is 16.9 Å². The van der Waals surface area contributed by atoms with Gasteiger partial charge in [0.15, 0.2) is 5.82 Å². The van der Waals surface area contributed by atoms with Crippen LogP contribution in [0, 0.1) is 5.82 Å². The summed E-state index contributed by atoms with van der Waals surface area (Å²) in [6.07, 6.45) is 1.54. The fourth-order valence-electron chi connectivity index (χ4n) is 2.98. The van der Waals surface area contributed by atoms with Crippen molar-refractivity contribution in [1.29, 1.82) is 0 Å². The number of halogens is 1. The van der Waals surface area contributed by atoms with Gasteiger partial charge >= 0.3 is 0 Å². The predicted molar refractivity (Wildman–Crippen MR) is 81.4 cm³/mol. The van der Waals surface area contributed by atoms with Crippen LogP contribution in [0.5, 0.6) is 0 Å². The van der Waals surface area contributed by atoms with Gasteiger partial charge in [-0.1, -0.05) is 6.07 Å². The second-order valence-electron chi connectivity index (χ2n) is 5.54. The van der Waals surface area contributed by atoms with Gasteiger partial charge in [0.05, 0.1) is 11.7 Å². The predicted octanol–water partition coefficient (Wildman–Crippen LogP) is 0.720. The van der Waals surface area contributed by atoms with Gasteiger partial charge in [0.25, 0.3) is 5.56 Å². The van der Waals surface area contributed by atoms with Gasteiger partial charge in [-0.15, -0.1) is 0 Å². The molecule has 3 aromatic rings. The second-order valence-corrected chi connectivity index (χ2v) is 5.54. The number of nitrogens with zero attached hydrogens (tertiary/aromatic N) is 3. The normalized spacial score (nSPS) is 16.6. The third kappa shape index (κ3) is 2.10. The first kappa shape index (κ1) is 13.4.